The molecule has 3 heteroatoms. The van der Waals surface area contributed by atoms with Crippen molar-refractivity contribution in [2.75, 3.05) is 18.8 Å². The van der Waals surface area contributed by atoms with E-state index in [9.17, 15) is 0 Å². The van der Waals surface area contributed by atoms with Gasteiger partial charge in [-0.3, -0.25) is 4.90 Å². The summed E-state index contributed by atoms with van der Waals surface area (Å²) < 4.78 is 0. The third kappa shape index (κ3) is 2.88. The number of hydrogen-bond donors (Lipinski definition) is 1. The lowest BCUT2D eigenvalue weighted by Crippen LogP contribution is -2.51. The van der Waals surface area contributed by atoms with E-state index < -0.39 is 0 Å². The summed E-state index contributed by atoms with van der Waals surface area (Å²) in [6.07, 6.45) is 10.1. The predicted octanol–water partition coefficient (Wildman–Crippen LogP) is 2.88. The van der Waals surface area contributed by atoms with Crippen LogP contribution in [0.3, 0.4) is 0 Å². The molecule has 0 aliphatic carbocycles. The molecule has 2 bridgehead atoms. The lowest BCUT2D eigenvalue weighted by atomic mass is 9.96. The van der Waals surface area contributed by atoms with Gasteiger partial charge in [-0.1, -0.05) is 13.3 Å². The molecule has 18 heavy (non-hydrogen) atoms. The summed E-state index contributed by atoms with van der Waals surface area (Å²) in [5.41, 5.74) is 0. The summed E-state index contributed by atoms with van der Waals surface area (Å²) in [6.45, 7) is 4.77. The molecule has 2 nitrogen and oxygen atoms in total. The van der Waals surface area contributed by atoms with Crippen LogP contribution in [0, 0.1) is 0 Å². The van der Waals surface area contributed by atoms with Crippen molar-refractivity contribution in [3.8, 4) is 0 Å². The third-order valence-corrected chi connectivity index (χ3v) is 6.45. The van der Waals surface area contributed by atoms with Crippen molar-refractivity contribution in [1.29, 1.82) is 0 Å². The molecule has 3 aliphatic heterocycles. The normalized spacial score (nSPS) is 41.2. The SMILES string of the molecule is CCNC1CC2CCC(C1)N2CC1CCCCS1. The first kappa shape index (κ1) is 13.3. The van der Waals surface area contributed by atoms with Crippen molar-refractivity contribution in [3.63, 3.8) is 0 Å². The summed E-state index contributed by atoms with van der Waals surface area (Å²) in [5.74, 6) is 1.41. The minimum absolute atomic E-state index is 0.808. The number of fused-ring (bicyclic) bond motifs is 2. The Morgan fingerprint density at radius 1 is 1.11 bits per heavy atom. The molecule has 0 aromatic rings. The molecule has 0 amide bonds. The maximum absolute atomic E-state index is 3.68. The molecule has 104 valence electrons. The van der Waals surface area contributed by atoms with E-state index in [0.717, 1.165) is 29.9 Å². The second kappa shape index (κ2) is 6.15. The van der Waals surface area contributed by atoms with Crippen molar-refractivity contribution in [2.24, 2.45) is 0 Å². The molecule has 0 spiro atoms. The van der Waals surface area contributed by atoms with E-state index in [2.05, 4.69) is 28.9 Å². The first-order valence-electron chi connectivity index (χ1n) is 7.97. The van der Waals surface area contributed by atoms with Gasteiger partial charge in [0, 0.05) is 29.9 Å². The molecule has 3 fully saturated rings. The minimum Gasteiger partial charge on any atom is -0.314 e. The molecule has 0 radical (unpaired) electrons. The van der Waals surface area contributed by atoms with Crippen LogP contribution in [0.5, 0.6) is 0 Å². The van der Waals surface area contributed by atoms with Crippen LogP contribution >= 0.6 is 11.8 Å². The highest BCUT2D eigenvalue weighted by molar-refractivity contribution is 7.99. The molecule has 3 aliphatic rings. The second-order valence-electron chi connectivity index (χ2n) is 6.30. The lowest BCUT2D eigenvalue weighted by molar-refractivity contribution is 0.117. The summed E-state index contributed by atoms with van der Waals surface area (Å²) in [5, 5.41) is 4.62. The lowest BCUT2D eigenvalue weighted by Gasteiger charge is -2.41. The maximum atomic E-state index is 3.68. The number of nitrogens with one attached hydrogen (secondary N) is 1. The first-order valence-corrected chi connectivity index (χ1v) is 9.02. The molecular weight excluding hydrogens is 240 g/mol. The fourth-order valence-electron chi connectivity index (χ4n) is 4.21. The third-order valence-electron chi connectivity index (χ3n) is 5.07. The van der Waals surface area contributed by atoms with E-state index in [0.29, 0.717) is 0 Å². The van der Waals surface area contributed by atoms with Crippen molar-refractivity contribution in [3.05, 3.63) is 0 Å². The van der Waals surface area contributed by atoms with E-state index in [1.807, 2.05) is 0 Å². The van der Waals surface area contributed by atoms with Crippen LogP contribution in [0.4, 0.5) is 0 Å². The molecule has 0 saturated carbocycles. The summed E-state index contributed by atoms with van der Waals surface area (Å²) in [4.78, 5) is 2.89. The summed E-state index contributed by atoms with van der Waals surface area (Å²) in [7, 11) is 0. The number of thioether (sulfide) groups is 1. The topological polar surface area (TPSA) is 15.3 Å². The Kier molecular flexibility index (Phi) is 4.53. The van der Waals surface area contributed by atoms with Gasteiger partial charge in [0.1, 0.15) is 0 Å². The predicted molar refractivity (Wildman–Crippen MR) is 80.3 cm³/mol. The molecule has 0 aromatic carbocycles. The molecule has 1 N–H and O–H groups in total. The van der Waals surface area contributed by atoms with Gasteiger partial charge >= 0.3 is 0 Å². The fraction of sp³-hybridized carbons (Fsp3) is 1.00. The van der Waals surface area contributed by atoms with Gasteiger partial charge < -0.3 is 5.32 Å². The second-order valence-corrected chi connectivity index (χ2v) is 7.70. The van der Waals surface area contributed by atoms with Gasteiger partial charge in [0.05, 0.1) is 0 Å². The largest absolute Gasteiger partial charge is 0.314 e. The molecule has 3 rings (SSSR count). The van der Waals surface area contributed by atoms with E-state index in [1.165, 1.54) is 57.2 Å². The van der Waals surface area contributed by atoms with Crippen LogP contribution in [0.1, 0.15) is 51.9 Å². The molecule has 3 saturated heterocycles. The number of rotatable bonds is 4. The zero-order chi connectivity index (χ0) is 12.4. The van der Waals surface area contributed by atoms with Crippen LogP contribution in [-0.2, 0) is 0 Å². The molecule has 0 aromatic heterocycles. The molecule has 3 unspecified atom stereocenters. The standard InChI is InChI=1S/C15H28N2S/c1-2-16-12-9-13-6-7-14(10-12)17(13)11-15-5-3-4-8-18-15/h12-16H,2-11H2,1H3. The zero-order valence-electron chi connectivity index (χ0n) is 11.7. The Morgan fingerprint density at radius 3 is 2.50 bits per heavy atom. The van der Waals surface area contributed by atoms with Gasteiger partial charge in [-0.05, 0) is 50.8 Å². The maximum Gasteiger partial charge on any atom is 0.0175 e. The van der Waals surface area contributed by atoms with Crippen LogP contribution in [-0.4, -0.2) is 47.1 Å². The van der Waals surface area contributed by atoms with E-state index >= 15 is 0 Å². The molecular formula is C15H28N2S. The van der Waals surface area contributed by atoms with Crippen molar-refractivity contribution >= 4 is 11.8 Å². The van der Waals surface area contributed by atoms with Crippen LogP contribution < -0.4 is 5.32 Å². The summed E-state index contributed by atoms with van der Waals surface area (Å²) >= 11 is 2.24. The van der Waals surface area contributed by atoms with Crippen LogP contribution in [0.2, 0.25) is 0 Å². The number of hydrogen-bond acceptors (Lipinski definition) is 3. The summed E-state index contributed by atoms with van der Waals surface area (Å²) in [6, 6.07) is 2.61. The van der Waals surface area contributed by atoms with Gasteiger partial charge in [-0.25, -0.2) is 0 Å². The Morgan fingerprint density at radius 2 is 1.89 bits per heavy atom. The van der Waals surface area contributed by atoms with Gasteiger partial charge in [0.2, 0.25) is 0 Å². The molecule has 3 atom stereocenters. The smallest absolute Gasteiger partial charge is 0.0175 e. The minimum atomic E-state index is 0.808. The van der Waals surface area contributed by atoms with Crippen molar-refractivity contribution < 1.29 is 0 Å². The number of piperidine rings is 1. The van der Waals surface area contributed by atoms with Crippen molar-refractivity contribution in [1.82, 2.24) is 10.2 Å². The monoisotopic (exact) mass is 268 g/mol. The Balaban J connectivity index is 1.54. The quantitative estimate of drug-likeness (QED) is 0.844. The molecule has 3 heterocycles. The highest BCUT2D eigenvalue weighted by Gasteiger charge is 2.41. The van der Waals surface area contributed by atoms with Gasteiger partial charge in [0.25, 0.3) is 0 Å². The van der Waals surface area contributed by atoms with Gasteiger partial charge in [-0.2, -0.15) is 11.8 Å². The van der Waals surface area contributed by atoms with Crippen molar-refractivity contribution in [2.45, 2.75) is 75.2 Å². The average Bonchev–Trinajstić information content (AvgIpc) is 2.63. The van der Waals surface area contributed by atoms with E-state index in [-0.39, 0.29) is 0 Å². The highest BCUT2D eigenvalue weighted by Crippen LogP contribution is 2.37. The number of nitrogens with zero attached hydrogens (tertiary/aromatic N) is 1. The van der Waals surface area contributed by atoms with Gasteiger partial charge in [0.15, 0.2) is 0 Å². The first-order chi connectivity index (χ1) is 8.86. The van der Waals surface area contributed by atoms with Gasteiger partial charge in [-0.15, -0.1) is 0 Å². The average molecular weight is 268 g/mol. The Hall–Kier alpha value is 0.270. The fourth-order valence-corrected chi connectivity index (χ4v) is 5.53. The highest BCUT2D eigenvalue weighted by atomic mass is 32.2. The zero-order valence-corrected chi connectivity index (χ0v) is 12.6. The van der Waals surface area contributed by atoms with Crippen LogP contribution in [0.25, 0.3) is 0 Å². The van der Waals surface area contributed by atoms with Crippen LogP contribution in [0.15, 0.2) is 0 Å². The van der Waals surface area contributed by atoms with E-state index in [4.69, 9.17) is 0 Å². The van der Waals surface area contributed by atoms with E-state index in [1.54, 1.807) is 0 Å². The Bertz CT molecular complexity index is 251. The Labute approximate surface area is 116 Å².